The average Bonchev–Trinajstić information content (AvgIpc) is 2.81. The Kier molecular flexibility index (Phi) is 14.5. The Morgan fingerprint density at radius 1 is 0.706 bits per heavy atom. The normalized spacial score (nSPS) is 13.7. The Morgan fingerprint density at radius 3 is 1.50 bits per heavy atom. The predicted octanol–water partition coefficient (Wildman–Crippen LogP) is -1.26. The first kappa shape index (κ1) is 31.6. The van der Waals surface area contributed by atoms with E-state index in [1.807, 2.05) is 67.8 Å². The molecule has 34 heavy (non-hydrogen) atoms. The van der Waals surface area contributed by atoms with E-state index < -0.39 is 55.9 Å². The van der Waals surface area contributed by atoms with E-state index in [0.29, 0.717) is 7.14 Å². The van der Waals surface area contributed by atoms with E-state index in [2.05, 4.69) is 16.0 Å². The first-order chi connectivity index (χ1) is 16.0. The lowest BCUT2D eigenvalue weighted by atomic mass is 10.1. The van der Waals surface area contributed by atoms with E-state index >= 15 is 0 Å². The summed E-state index contributed by atoms with van der Waals surface area (Å²) in [6.45, 7) is -2.14. The lowest BCUT2D eigenvalue weighted by Crippen LogP contribution is -2.37. The molecule has 1 rings (SSSR count). The molecule has 0 heterocycles. The number of rotatable bonds is 13. The van der Waals surface area contributed by atoms with Crippen LogP contribution < -0.4 is 16.0 Å². The molecule has 0 aromatic heterocycles. The molecule has 0 aliphatic carbocycles. The maximum atomic E-state index is 12.9. The molecule has 0 saturated heterocycles. The Hall–Kier alpha value is -0.420. The number of anilines is 1. The first-order valence-electron chi connectivity index (χ1n) is 9.91. The average molecular weight is 821 g/mol. The molecule has 192 valence electrons. The Labute approximate surface area is 236 Å². The second kappa shape index (κ2) is 15.6. The molecule has 0 spiro atoms. The molecular formula is C19H26I3N3O9. The molecule has 3 atom stereocenters. The summed E-state index contributed by atoms with van der Waals surface area (Å²) in [7, 11) is 0. The first-order valence-corrected chi connectivity index (χ1v) is 13.1. The van der Waals surface area contributed by atoms with Gasteiger partial charge < -0.3 is 46.6 Å². The standard InChI is InChI=1S/C19H26I3N3O9/c20-14-12(18(33)23-3-9(30)6-27)15(21)17(25-11(32)2-1-8(29)5-26)16(22)13(14)19(34)24-4-10(31)7-28/h8-10,26-31H,1-7H2,(H,23,33)(H,24,34)(H,25,32). The van der Waals surface area contributed by atoms with Crippen LogP contribution in [0.1, 0.15) is 33.6 Å². The van der Waals surface area contributed by atoms with Gasteiger partial charge in [0.2, 0.25) is 5.91 Å². The van der Waals surface area contributed by atoms with Crippen molar-refractivity contribution in [2.24, 2.45) is 0 Å². The number of benzene rings is 1. The van der Waals surface area contributed by atoms with Crippen LogP contribution in [0.3, 0.4) is 0 Å². The third-order valence-corrected chi connectivity index (χ3v) is 7.61. The molecule has 3 unspecified atom stereocenters. The summed E-state index contributed by atoms with van der Waals surface area (Å²) in [5.41, 5.74) is 0.265. The monoisotopic (exact) mass is 821 g/mol. The lowest BCUT2D eigenvalue weighted by Gasteiger charge is -2.20. The highest BCUT2D eigenvalue weighted by molar-refractivity contribution is 14.1. The van der Waals surface area contributed by atoms with Crippen LogP contribution >= 0.6 is 67.8 Å². The number of hydrogen-bond acceptors (Lipinski definition) is 9. The van der Waals surface area contributed by atoms with Crippen molar-refractivity contribution < 1.29 is 45.0 Å². The Bertz CT molecular complexity index is 835. The minimum atomic E-state index is -1.19. The molecule has 1 aromatic carbocycles. The number of halogens is 3. The van der Waals surface area contributed by atoms with Gasteiger partial charge in [-0.1, -0.05) is 0 Å². The second-order valence-corrected chi connectivity index (χ2v) is 10.3. The molecule has 0 fully saturated rings. The minimum absolute atomic E-state index is 0.00135. The lowest BCUT2D eigenvalue weighted by molar-refractivity contribution is -0.116. The largest absolute Gasteiger partial charge is 0.394 e. The zero-order valence-corrected chi connectivity index (χ0v) is 24.2. The number of nitrogens with one attached hydrogen (secondary N) is 3. The Balaban J connectivity index is 3.43. The van der Waals surface area contributed by atoms with Gasteiger partial charge in [-0.15, -0.1) is 0 Å². The fraction of sp³-hybridized carbons (Fsp3) is 0.526. The SMILES string of the molecule is O=C(CCC(O)CO)Nc1c(I)c(C(=O)NCC(O)CO)c(I)c(C(=O)NCC(O)CO)c1I. The fourth-order valence-corrected chi connectivity index (χ4v) is 6.91. The smallest absolute Gasteiger partial charge is 0.253 e. The van der Waals surface area contributed by atoms with E-state index in [-0.39, 0.29) is 46.3 Å². The Morgan fingerprint density at radius 2 is 1.12 bits per heavy atom. The molecular weight excluding hydrogens is 795 g/mol. The van der Waals surface area contributed by atoms with Gasteiger partial charge in [-0.2, -0.15) is 0 Å². The molecule has 1 aromatic rings. The number of carbonyl (C=O) groups excluding carboxylic acids is 3. The van der Waals surface area contributed by atoms with Crippen molar-refractivity contribution in [3.8, 4) is 0 Å². The van der Waals surface area contributed by atoms with Crippen LogP contribution in [0.25, 0.3) is 0 Å². The number of amides is 3. The van der Waals surface area contributed by atoms with Gasteiger partial charge in [-0.3, -0.25) is 14.4 Å². The van der Waals surface area contributed by atoms with Gasteiger partial charge in [0.1, 0.15) is 0 Å². The van der Waals surface area contributed by atoms with E-state index in [1.165, 1.54) is 0 Å². The van der Waals surface area contributed by atoms with Gasteiger partial charge in [-0.25, -0.2) is 0 Å². The molecule has 15 heteroatoms. The van der Waals surface area contributed by atoms with Crippen molar-refractivity contribution in [2.45, 2.75) is 31.2 Å². The van der Waals surface area contributed by atoms with Crippen LogP contribution in [0.4, 0.5) is 5.69 Å². The van der Waals surface area contributed by atoms with Crippen LogP contribution in [-0.4, -0.2) is 99.6 Å². The number of aliphatic hydroxyl groups excluding tert-OH is 6. The zero-order valence-electron chi connectivity index (χ0n) is 17.7. The number of carbonyl (C=O) groups is 3. The van der Waals surface area contributed by atoms with Gasteiger partial charge in [0.05, 0.1) is 62.1 Å². The van der Waals surface area contributed by atoms with Gasteiger partial charge >= 0.3 is 0 Å². The molecule has 0 aliphatic rings. The van der Waals surface area contributed by atoms with Crippen molar-refractivity contribution >= 4 is 91.2 Å². The molecule has 0 bridgehead atoms. The van der Waals surface area contributed by atoms with Crippen molar-refractivity contribution in [1.82, 2.24) is 10.6 Å². The van der Waals surface area contributed by atoms with Crippen LogP contribution in [0.5, 0.6) is 0 Å². The van der Waals surface area contributed by atoms with Gasteiger partial charge in [0.25, 0.3) is 11.8 Å². The highest BCUT2D eigenvalue weighted by atomic mass is 127. The molecule has 12 nitrogen and oxygen atoms in total. The summed E-state index contributed by atoms with van der Waals surface area (Å²) < 4.78 is 0.864. The van der Waals surface area contributed by atoms with Crippen molar-refractivity contribution in [1.29, 1.82) is 0 Å². The molecule has 0 saturated carbocycles. The third-order valence-electron chi connectivity index (χ3n) is 4.37. The number of aliphatic hydroxyl groups is 6. The highest BCUT2D eigenvalue weighted by Gasteiger charge is 2.29. The van der Waals surface area contributed by atoms with Crippen molar-refractivity contribution in [3.05, 3.63) is 21.8 Å². The second-order valence-electron chi connectivity index (χ2n) is 7.08. The summed E-state index contributed by atoms with van der Waals surface area (Å²) in [5, 5.41) is 63.0. The van der Waals surface area contributed by atoms with Crippen molar-refractivity contribution in [3.63, 3.8) is 0 Å². The molecule has 9 N–H and O–H groups in total. The van der Waals surface area contributed by atoms with Gasteiger partial charge in [0.15, 0.2) is 0 Å². The summed E-state index contributed by atoms with van der Waals surface area (Å²) in [4.78, 5) is 38.3. The number of hydrogen-bond donors (Lipinski definition) is 9. The molecule has 0 radical (unpaired) electrons. The van der Waals surface area contributed by atoms with Crippen LogP contribution in [0.2, 0.25) is 0 Å². The topological polar surface area (TPSA) is 209 Å². The van der Waals surface area contributed by atoms with Crippen LogP contribution in [0, 0.1) is 10.7 Å². The van der Waals surface area contributed by atoms with E-state index in [1.54, 1.807) is 0 Å². The highest BCUT2D eigenvalue weighted by Crippen LogP contribution is 2.36. The van der Waals surface area contributed by atoms with Crippen LogP contribution in [-0.2, 0) is 4.79 Å². The van der Waals surface area contributed by atoms with E-state index in [4.69, 9.17) is 15.3 Å². The zero-order chi connectivity index (χ0) is 26.0. The van der Waals surface area contributed by atoms with Crippen LogP contribution in [0.15, 0.2) is 0 Å². The molecule has 0 aliphatic heterocycles. The predicted molar refractivity (Wildman–Crippen MR) is 146 cm³/mol. The maximum Gasteiger partial charge on any atom is 0.253 e. The minimum Gasteiger partial charge on any atom is -0.394 e. The van der Waals surface area contributed by atoms with E-state index in [0.717, 1.165) is 0 Å². The molecule has 3 amide bonds. The summed E-state index contributed by atoms with van der Waals surface area (Å²) >= 11 is 5.49. The quantitative estimate of drug-likeness (QED) is 0.109. The summed E-state index contributed by atoms with van der Waals surface area (Å²) in [5.74, 6) is -1.84. The summed E-state index contributed by atoms with van der Waals surface area (Å²) in [6.07, 6.45) is -3.59. The van der Waals surface area contributed by atoms with Gasteiger partial charge in [-0.05, 0) is 74.2 Å². The van der Waals surface area contributed by atoms with Gasteiger partial charge in [0, 0.05) is 23.1 Å². The van der Waals surface area contributed by atoms with Crippen molar-refractivity contribution in [2.75, 3.05) is 38.2 Å². The third kappa shape index (κ3) is 9.22. The fourth-order valence-electron chi connectivity index (χ4n) is 2.49. The van der Waals surface area contributed by atoms with E-state index in [9.17, 15) is 29.7 Å². The summed E-state index contributed by atoms with van der Waals surface area (Å²) in [6, 6.07) is 0. The maximum absolute atomic E-state index is 12.9.